The number of carbonyl (C=O) groups is 1. The molecule has 1 rings (SSSR count). The maximum absolute atomic E-state index is 11.3. The molecular formula is C11H16N2O3S. The highest BCUT2D eigenvalue weighted by atomic mass is 32.2. The normalized spacial score (nSPS) is 11.1. The molecule has 0 atom stereocenters. The van der Waals surface area contributed by atoms with Crippen molar-refractivity contribution in [1.82, 2.24) is 5.32 Å². The largest absolute Gasteiger partial charge is 0.399 e. The third kappa shape index (κ3) is 5.91. The van der Waals surface area contributed by atoms with Gasteiger partial charge in [-0.3, -0.25) is 4.79 Å². The van der Waals surface area contributed by atoms with E-state index in [-0.39, 0.29) is 18.1 Å². The van der Waals surface area contributed by atoms with Crippen molar-refractivity contribution in [2.75, 3.05) is 17.7 Å². The molecule has 0 saturated carbocycles. The molecule has 1 amide bonds. The van der Waals surface area contributed by atoms with Crippen LogP contribution in [0.15, 0.2) is 24.3 Å². The van der Waals surface area contributed by atoms with Crippen LogP contribution in [0.3, 0.4) is 0 Å². The van der Waals surface area contributed by atoms with Crippen molar-refractivity contribution in [2.24, 2.45) is 0 Å². The van der Waals surface area contributed by atoms with Crippen molar-refractivity contribution in [3.63, 3.8) is 0 Å². The van der Waals surface area contributed by atoms with Gasteiger partial charge in [-0.05, 0) is 17.7 Å². The van der Waals surface area contributed by atoms with Gasteiger partial charge < -0.3 is 11.1 Å². The van der Waals surface area contributed by atoms with Crippen molar-refractivity contribution in [1.29, 1.82) is 0 Å². The topological polar surface area (TPSA) is 89.3 Å². The second kappa shape index (κ2) is 5.67. The van der Waals surface area contributed by atoms with Gasteiger partial charge in [-0.2, -0.15) is 0 Å². The van der Waals surface area contributed by atoms with Crippen LogP contribution >= 0.6 is 0 Å². The molecule has 0 aromatic heterocycles. The van der Waals surface area contributed by atoms with Gasteiger partial charge in [0.15, 0.2) is 0 Å². The quantitative estimate of drug-likeness (QED) is 0.742. The molecule has 0 aliphatic carbocycles. The SMILES string of the molecule is CS(=O)(=O)CCC(=O)NCc1ccc(N)cc1. The first-order valence-electron chi connectivity index (χ1n) is 5.16. The van der Waals surface area contributed by atoms with Crippen molar-refractivity contribution in [2.45, 2.75) is 13.0 Å². The van der Waals surface area contributed by atoms with E-state index in [0.717, 1.165) is 11.8 Å². The first kappa shape index (κ1) is 13.5. The summed E-state index contributed by atoms with van der Waals surface area (Å²) in [4.78, 5) is 11.3. The third-order valence-corrected chi connectivity index (χ3v) is 3.12. The number of amides is 1. The number of benzene rings is 1. The second-order valence-electron chi connectivity index (χ2n) is 3.90. The number of hydrogen-bond acceptors (Lipinski definition) is 4. The lowest BCUT2D eigenvalue weighted by atomic mass is 10.2. The zero-order valence-electron chi connectivity index (χ0n) is 9.64. The summed E-state index contributed by atoms with van der Waals surface area (Å²) in [5, 5.41) is 2.65. The number of sulfone groups is 1. The monoisotopic (exact) mass is 256 g/mol. The first-order chi connectivity index (χ1) is 7.87. The Bertz CT molecular complexity index is 480. The molecule has 0 aliphatic rings. The lowest BCUT2D eigenvalue weighted by molar-refractivity contribution is -0.120. The van der Waals surface area contributed by atoms with Crippen LogP contribution in [0.1, 0.15) is 12.0 Å². The predicted octanol–water partition coefficient (Wildman–Crippen LogP) is 0.320. The number of nitrogen functional groups attached to an aromatic ring is 1. The Hall–Kier alpha value is -1.56. The Morgan fingerprint density at radius 1 is 1.29 bits per heavy atom. The minimum atomic E-state index is -3.09. The molecule has 0 aliphatic heterocycles. The minimum Gasteiger partial charge on any atom is -0.399 e. The van der Waals surface area contributed by atoms with E-state index >= 15 is 0 Å². The Labute approximate surface area is 101 Å². The smallest absolute Gasteiger partial charge is 0.221 e. The zero-order chi connectivity index (χ0) is 12.9. The summed E-state index contributed by atoms with van der Waals surface area (Å²) in [5.74, 6) is -0.395. The fraction of sp³-hybridized carbons (Fsp3) is 0.364. The van der Waals surface area contributed by atoms with Gasteiger partial charge in [0.1, 0.15) is 9.84 Å². The molecular weight excluding hydrogens is 240 g/mol. The Morgan fingerprint density at radius 2 is 1.88 bits per heavy atom. The maximum Gasteiger partial charge on any atom is 0.221 e. The molecule has 1 aromatic carbocycles. The Balaban J connectivity index is 2.36. The average molecular weight is 256 g/mol. The van der Waals surface area contributed by atoms with Crippen LogP contribution in [0.2, 0.25) is 0 Å². The van der Waals surface area contributed by atoms with Gasteiger partial charge in [0, 0.05) is 24.9 Å². The first-order valence-corrected chi connectivity index (χ1v) is 7.22. The van der Waals surface area contributed by atoms with Crippen molar-refractivity contribution >= 4 is 21.4 Å². The van der Waals surface area contributed by atoms with Crippen molar-refractivity contribution in [3.05, 3.63) is 29.8 Å². The lowest BCUT2D eigenvalue weighted by Crippen LogP contribution is -2.24. The number of anilines is 1. The standard InChI is InChI=1S/C11H16N2O3S/c1-17(15,16)7-6-11(14)13-8-9-2-4-10(12)5-3-9/h2-5H,6-8,12H2,1H3,(H,13,14). The minimum absolute atomic E-state index is 0.00615. The number of hydrogen-bond donors (Lipinski definition) is 2. The van der Waals surface area contributed by atoms with E-state index in [9.17, 15) is 13.2 Å². The van der Waals surface area contributed by atoms with Gasteiger partial charge in [-0.1, -0.05) is 12.1 Å². The van der Waals surface area contributed by atoms with Crippen LogP contribution < -0.4 is 11.1 Å². The summed E-state index contributed by atoms with van der Waals surface area (Å²) in [6.45, 7) is 0.378. The summed E-state index contributed by atoms with van der Waals surface area (Å²) in [5.41, 5.74) is 7.11. The summed E-state index contributed by atoms with van der Waals surface area (Å²) < 4.78 is 21.7. The van der Waals surface area contributed by atoms with Gasteiger partial charge in [0.05, 0.1) is 5.75 Å². The van der Waals surface area contributed by atoms with E-state index in [0.29, 0.717) is 12.2 Å². The van der Waals surface area contributed by atoms with Crippen LogP contribution in [0.5, 0.6) is 0 Å². The summed E-state index contributed by atoms with van der Waals surface area (Å²) >= 11 is 0. The highest BCUT2D eigenvalue weighted by molar-refractivity contribution is 7.90. The van der Waals surface area contributed by atoms with Crippen LogP contribution in [-0.4, -0.2) is 26.3 Å². The van der Waals surface area contributed by atoms with Crippen molar-refractivity contribution < 1.29 is 13.2 Å². The van der Waals surface area contributed by atoms with Crippen molar-refractivity contribution in [3.8, 4) is 0 Å². The van der Waals surface area contributed by atoms with E-state index in [1.165, 1.54) is 0 Å². The molecule has 5 nitrogen and oxygen atoms in total. The Morgan fingerprint density at radius 3 is 2.41 bits per heavy atom. The van der Waals surface area contributed by atoms with Gasteiger partial charge >= 0.3 is 0 Å². The molecule has 1 aromatic rings. The van der Waals surface area contributed by atoms with E-state index in [4.69, 9.17) is 5.73 Å². The van der Waals surface area contributed by atoms with Crippen LogP contribution in [0, 0.1) is 0 Å². The second-order valence-corrected chi connectivity index (χ2v) is 6.16. The molecule has 0 radical (unpaired) electrons. The fourth-order valence-corrected chi connectivity index (χ4v) is 1.76. The molecule has 0 spiro atoms. The number of rotatable bonds is 5. The molecule has 0 unspecified atom stereocenters. The van der Waals surface area contributed by atoms with Crippen LogP contribution in [0.25, 0.3) is 0 Å². The fourth-order valence-electron chi connectivity index (χ4n) is 1.20. The molecule has 0 bridgehead atoms. The molecule has 3 N–H and O–H groups in total. The highest BCUT2D eigenvalue weighted by Crippen LogP contribution is 2.04. The molecule has 6 heteroatoms. The van der Waals surface area contributed by atoms with E-state index in [1.807, 2.05) is 12.1 Å². The molecule has 0 saturated heterocycles. The number of carbonyl (C=O) groups excluding carboxylic acids is 1. The van der Waals surface area contributed by atoms with E-state index in [1.54, 1.807) is 12.1 Å². The van der Waals surface area contributed by atoms with E-state index < -0.39 is 9.84 Å². The molecule has 17 heavy (non-hydrogen) atoms. The summed E-state index contributed by atoms with van der Waals surface area (Å²) in [6.07, 6.45) is 1.11. The van der Waals surface area contributed by atoms with Crippen LogP contribution in [0.4, 0.5) is 5.69 Å². The molecule has 94 valence electrons. The zero-order valence-corrected chi connectivity index (χ0v) is 10.5. The molecule has 0 heterocycles. The van der Waals surface area contributed by atoms with E-state index in [2.05, 4.69) is 5.32 Å². The third-order valence-electron chi connectivity index (χ3n) is 2.17. The summed E-state index contributed by atoms with van der Waals surface area (Å²) in [7, 11) is -3.09. The molecule has 0 fully saturated rings. The number of nitrogens with one attached hydrogen (secondary N) is 1. The lowest BCUT2D eigenvalue weighted by Gasteiger charge is -2.05. The maximum atomic E-state index is 11.3. The van der Waals surface area contributed by atoms with Gasteiger partial charge in [0.2, 0.25) is 5.91 Å². The summed E-state index contributed by atoms with van der Waals surface area (Å²) in [6, 6.07) is 7.12. The van der Waals surface area contributed by atoms with Gasteiger partial charge in [-0.25, -0.2) is 8.42 Å². The average Bonchev–Trinajstić information content (AvgIpc) is 2.25. The Kier molecular flexibility index (Phi) is 4.51. The van der Waals surface area contributed by atoms with Gasteiger partial charge in [-0.15, -0.1) is 0 Å². The number of nitrogens with two attached hydrogens (primary N) is 1. The van der Waals surface area contributed by atoms with Crippen LogP contribution in [-0.2, 0) is 21.2 Å². The van der Waals surface area contributed by atoms with Gasteiger partial charge in [0.25, 0.3) is 0 Å². The predicted molar refractivity (Wildman–Crippen MR) is 67.0 cm³/mol. The highest BCUT2D eigenvalue weighted by Gasteiger charge is 2.07.